The standard InChI is InChI=1S/C14H11F4NO3/c1-3-21-13(20)10-7(2)22-19-12(10)8-5-4-6-9(11(8)15)14(16,17)18/h4-6H,3H2,1-2H3. The van der Waals surface area contributed by atoms with Crippen molar-refractivity contribution in [3.05, 3.63) is 40.9 Å². The summed E-state index contributed by atoms with van der Waals surface area (Å²) < 4.78 is 62.0. The molecule has 0 fully saturated rings. The molecule has 1 aromatic heterocycles. The first-order valence-corrected chi connectivity index (χ1v) is 6.26. The maximum atomic E-state index is 14.1. The van der Waals surface area contributed by atoms with E-state index in [1.165, 1.54) is 6.92 Å². The topological polar surface area (TPSA) is 52.3 Å². The molecule has 0 radical (unpaired) electrons. The van der Waals surface area contributed by atoms with Crippen molar-refractivity contribution in [1.29, 1.82) is 0 Å². The first kappa shape index (κ1) is 16.0. The van der Waals surface area contributed by atoms with Gasteiger partial charge in [0, 0.05) is 5.56 Å². The van der Waals surface area contributed by atoms with Gasteiger partial charge in [0.05, 0.1) is 12.2 Å². The molecule has 0 N–H and O–H groups in total. The molecule has 0 aliphatic heterocycles. The zero-order valence-electron chi connectivity index (χ0n) is 11.6. The maximum Gasteiger partial charge on any atom is 0.419 e. The number of carbonyl (C=O) groups is 1. The second-order valence-corrected chi connectivity index (χ2v) is 4.35. The van der Waals surface area contributed by atoms with E-state index in [1.807, 2.05) is 0 Å². The molecule has 4 nitrogen and oxygen atoms in total. The minimum absolute atomic E-state index is 0.0326. The Bertz CT molecular complexity index is 707. The zero-order chi connectivity index (χ0) is 16.5. The number of aryl methyl sites for hydroxylation is 1. The van der Waals surface area contributed by atoms with Crippen LogP contribution in [0.2, 0.25) is 0 Å². The van der Waals surface area contributed by atoms with Gasteiger partial charge in [-0.1, -0.05) is 11.2 Å². The van der Waals surface area contributed by atoms with E-state index < -0.39 is 29.1 Å². The van der Waals surface area contributed by atoms with Crippen LogP contribution >= 0.6 is 0 Å². The minimum atomic E-state index is -4.86. The summed E-state index contributed by atoms with van der Waals surface area (Å²) in [4.78, 5) is 11.8. The molecule has 0 amide bonds. The SMILES string of the molecule is CCOC(=O)c1c(-c2cccc(C(F)(F)F)c2F)noc1C. The van der Waals surface area contributed by atoms with Crippen molar-refractivity contribution in [1.82, 2.24) is 5.16 Å². The van der Waals surface area contributed by atoms with Crippen LogP contribution in [-0.2, 0) is 10.9 Å². The Morgan fingerprint density at radius 3 is 2.64 bits per heavy atom. The van der Waals surface area contributed by atoms with Gasteiger partial charge in [-0.15, -0.1) is 0 Å². The first-order chi connectivity index (χ1) is 10.3. The maximum absolute atomic E-state index is 14.1. The molecular weight excluding hydrogens is 306 g/mol. The van der Waals surface area contributed by atoms with Crippen LogP contribution in [0.5, 0.6) is 0 Å². The van der Waals surface area contributed by atoms with Gasteiger partial charge >= 0.3 is 12.1 Å². The number of ether oxygens (including phenoxy) is 1. The van der Waals surface area contributed by atoms with E-state index in [0.29, 0.717) is 6.07 Å². The summed E-state index contributed by atoms with van der Waals surface area (Å²) in [7, 11) is 0. The van der Waals surface area contributed by atoms with E-state index >= 15 is 0 Å². The van der Waals surface area contributed by atoms with E-state index in [2.05, 4.69) is 5.16 Å². The molecule has 0 atom stereocenters. The summed E-state index contributed by atoms with van der Waals surface area (Å²) in [5.41, 5.74) is -2.44. The number of aromatic nitrogens is 1. The molecule has 0 bridgehead atoms. The highest BCUT2D eigenvalue weighted by atomic mass is 19.4. The monoisotopic (exact) mass is 317 g/mol. The number of carbonyl (C=O) groups excluding carboxylic acids is 1. The predicted molar refractivity (Wildman–Crippen MR) is 67.6 cm³/mol. The van der Waals surface area contributed by atoms with Gasteiger partial charge in [0.2, 0.25) is 0 Å². The fourth-order valence-corrected chi connectivity index (χ4v) is 1.93. The van der Waals surface area contributed by atoms with Crippen molar-refractivity contribution < 1.29 is 31.6 Å². The lowest BCUT2D eigenvalue weighted by Crippen LogP contribution is -2.10. The summed E-state index contributed by atoms with van der Waals surface area (Å²) in [5.74, 6) is -2.33. The Balaban J connectivity index is 2.62. The van der Waals surface area contributed by atoms with E-state index in [-0.39, 0.29) is 23.6 Å². The minimum Gasteiger partial charge on any atom is -0.462 e. The lowest BCUT2D eigenvalue weighted by atomic mass is 10.0. The molecule has 118 valence electrons. The van der Waals surface area contributed by atoms with Crippen LogP contribution in [0.3, 0.4) is 0 Å². The fourth-order valence-electron chi connectivity index (χ4n) is 1.93. The quantitative estimate of drug-likeness (QED) is 0.634. The van der Waals surface area contributed by atoms with Crippen molar-refractivity contribution in [2.45, 2.75) is 20.0 Å². The molecule has 0 saturated carbocycles. The highest BCUT2D eigenvalue weighted by Crippen LogP contribution is 2.36. The Morgan fingerprint density at radius 2 is 2.05 bits per heavy atom. The molecular formula is C14H11F4NO3. The third kappa shape index (κ3) is 2.81. The van der Waals surface area contributed by atoms with Crippen LogP contribution in [0.1, 0.15) is 28.6 Å². The highest BCUT2D eigenvalue weighted by Gasteiger charge is 2.36. The Labute approximate surface area is 122 Å². The molecule has 1 heterocycles. The Kier molecular flexibility index (Phi) is 4.20. The van der Waals surface area contributed by atoms with Crippen LogP contribution in [-0.4, -0.2) is 17.7 Å². The van der Waals surface area contributed by atoms with E-state index in [1.54, 1.807) is 6.92 Å². The van der Waals surface area contributed by atoms with Crippen molar-refractivity contribution >= 4 is 5.97 Å². The van der Waals surface area contributed by atoms with Gasteiger partial charge in [0.1, 0.15) is 22.8 Å². The Hall–Kier alpha value is -2.38. The summed E-state index contributed by atoms with van der Waals surface area (Å²) >= 11 is 0. The lowest BCUT2D eigenvalue weighted by molar-refractivity contribution is -0.139. The molecule has 0 unspecified atom stereocenters. The normalized spacial score (nSPS) is 11.5. The molecule has 0 aliphatic carbocycles. The molecule has 2 rings (SSSR count). The number of hydrogen-bond donors (Lipinski definition) is 0. The fraction of sp³-hybridized carbons (Fsp3) is 0.286. The molecule has 0 spiro atoms. The molecule has 22 heavy (non-hydrogen) atoms. The van der Waals surface area contributed by atoms with Gasteiger partial charge in [-0.2, -0.15) is 13.2 Å². The second-order valence-electron chi connectivity index (χ2n) is 4.35. The van der Waals surface area contributed by atoms with E-state index in [4.69, 9.17) is 9.26 Å². The van der Waals surface area contributed by atoms with Gasteiger partial charge in [-0.3, -0.25) is 0 Å². The zero-order valence-corrected chi connectivity index (χ0v) is 11.6. The average Bonchev–Trinajstić information content (AvgIpc) is 2.79. The lowest BCUT2D eigenvalue weighted by Gasteiger charge is -2.10. The molecule has 0 saturated heterocycles. The van der Waals surface area contributed by atoms with Crippen molar-refractivity contribution in [3.63, 3.8) is 0 Å². The smallest absolute Gasteiger partial charge is 0.419 e. The number of esters is 1. The summed E-state index contributed by atoms with van der Waals surface area (Å²) in [6.45, 7) is 2.99. The average molecular weight is 317 g/mol. The van der Waals surface area contributed by atoms with Crippen molar-refractivity contribution in [2.75, 3.05) is 6.61 Å². The first-order valence-electron chi connectivity index (χ1n) is 6.26. The largest absolute Gasteiger partial charge is 0.462 e. The van der Waals surface area contributed by atoms with Crippen LogP contribution < -0.4 is 0 Å². The number of rotatable bonds is 3. The van der Waals surface area contributed by atoms with Crippen molar-refractivity contribution in [3.8, 4) is 11.3 Å². The molecule has 8 heteroatoms. The summed E-state index contributed by atoms with van der Waals surface area (Å²) in [5, 5.41) is 3.49. The summed E-state index contributed by atoms with van der Waals surface area (Å²) in [6, 6.07) is 2.72. The van der Waals surface area contributed by atoms with Gasteiger partial charge in [0.25, 0.3) is 0 Å². The Morgan fingerprint density at radius 1 is 1.36 bits per heavy atom. The van der Waals surface area contributed by atoms with Gasteiger partial charge in [-0.25, -0.2) is 9.18 Å². The van der Waals surface area contributed by atoms with Crippen LogP contribution in [0.4, 0.5) is 17.6 Å². The van der Waals surface area contributed by atoms with Crippen LogP contribution in [0, 0.1) is 12.7 Å². The molecule has 2 aromatic rings. The second kappa shape index (κ2) is 5.78. The van der Waals surface area contributed by atoms with E-state index in [9.17, 15) is 22.4 Å². The van der Waals surface area contributed by atoms with Crippen LogP contribution in [0.15, 0.2) is 22.7 Å². The van der Waals surface area contributed by atoms with Gasteiger partial charge in [0.15, 0.2) is 0 Å². The van der Waals surface area contributed by atoms with Gasteiger partial charge < -0.3 is 9.26 Å². The van der Waals surface area contributed by atoms with E-state index in [0.717, 1.165) is 12.1 Å². The molecule has 1 aromatic carbocycles. The van der Waals surface area contributed by atoms with Crippen molar-refractivity contribution in [2.24, 2.45) is 0 Å². The third-order valence-electron chi connectivity index (χ3n) is 2.90. The number of halogens is 4. The summed E-state index contributed by atoms with van der Waals surface area (Å²) in [6.07, 6.45) is -4.86. The number of alkyl halides is 3. The van der Waals surface area contributed by atoms with Crippen LogP contribution in [0.25, 0.3) is 11.3 Å². The third-order valence-corrected chi connectivity index (χ3v) is 2.90. The number of hydrogen-bond acceptors (Lipinski definition) is 4. The number of nitrogens with zero attached hydrogens (tertiary/aromatic N) is 1. The van der Waals surface area contributed by atoms with Gasteiger partial charge in [-0.05, 0) is 26.0 Å². The highest BCUT2D eigenvalue weighted by molar-refractivity contribution is 5.97. The predicted octanol–water partition coefficient (Wildman–Crippen LogP) is 3.98. The molecule has 0 aliphatic rings. The number of benzene rings is 1.